The van der Waals surface area contributed by atoms with Gasteiger partial charge >= 0.3 is 0 Å². The third-order valence-electron chi connectivity index (χ3n) is 1.93. The van der Waals surface area contributed by atoms with Crippen LogP contribution in [-0.4, -0.2) is 36.0 Å². The smallest absolute Gasteiger partial charge is 0.251 e. The second-order valence-corrected chi connectivity index (χ2v) is 3.51. The quantitative estimate of drug-likeness (QED) is 0.675. The number of alkyl halides is 1. The zero-order chi connectivity index (χ0) is 12.7. The molecule has 0 aliphatic carbocycles. The Bertz CT molecular complexity index is 409. The minimum absolute atomic E-state index is 0.117. The molecule has 1 aromatic rings. The van der Waals surface area contributed by atoms with Crippen LogP contribution in [0.5, 0.6) is 0 Å². The molecule has 1 aromatic carbocycles. The molecule has 0 aromatic heterocycles. The molecule has 0 atom stereocenters. The van der Waals surface area contributed by atoms with Crippen molar-refractivity contribution in [2.75, 3.05) is 24.3 Å². The van der Waals surface area contributed by atoms with Crippen molar-refractivity contribution in [1.82, 2.24) is 5.32 Å². The summed E-state index contributed by atoms with van der Waals surface area (Å²) < 4.78 is 0. The Kier molecular flexibility index (Phi) is 5.45. The van der Waals surface area contributed by atoms with Crippen molar-refractivity contribution >= 4 is 29.1 Å². The SMILES string of the molecule is O=C(CCl)Nc1cccc(C(=O)NCCO)c1. The van der Waals surface area contributed by atoms with Crippen molar-refractivity contribution in [1.29, 1.82) is 0 Å². The van der Waals surface area contributed by atoms with Crippen molar-refractivity contribution in [3.8, 4) is 0 Å². The van der Waals surface area contributed by atoms with Gasteiger partial charge in [0, 0.05) is 17.8 Å². The molecule has 0 bridgehead atoms. The van der Waals surface area contributed by atoms with Crippen LogP contribution < -0.4 is 10.6 Å². The molecule has 0 heterocycles. The van der Waals surface area contributed by atoms with Gasteiger partial charge in [-0.2, -0.15) is 0 Å². The first-order valence-corrected chi connectivity index (χ1v) is 5.55. The third kappa shape index (κ3) is 4.42. The molecule has 1 rings (SSSR count). The molecular weight excluding hydrogens is 244 g/mol. The molecular formula is C11H13ClN2O3. The minimum Gasteiger partial charge on any atom is -0.395 e. The summed E-state index contributed by atoms with van der Waals surface area (Å²) in [6, 6.07) is 6.46. The van der Waals surface area contributed by atoms with E-state index in [0.717, 1.165) is 0 Å². The molecule has 0 saturated heterocycles. The van der Waals surface area contributed by atoms with Gasteiger partial charge < -0.3 is 15.7 Å². The number of nitrogens with one attached hydrogen (secondary N) is 2. The Morgan fingerprint density at radius 1 is 1.35 bits per heavy atom. The third-order valence-corrected chi connectivity index (χ3v) is 2.17. The lowest BCUT2D eigenvalue weighted by Crippen LogP contribution is -2.26. The van der Waals surface area contributed by atoms with Gasteiger partial charge in [0.25, 0.3) is 5.91 Å². The molecule has 5 nitrogen and oxygen atoms in total. The van der Waals surface area contributed by atoms with E-state index in [9.17, 15) is 9.59 Å². The van der Waals surface area contributed by atoms with Crippen LogP contribution in [0.4, 0.5) is 5.69 Å². The largest absolute Gasteiger partial charge is 0.395 e. The predicted octanol–water partition coefficient (Wildman–Crippen LogP) is 0.586. The standard InChI is InChI=1S/C11H13ClN2O3/c12-7-10(16)14-9-3-1-2-8(6-9)11(17)13-4-5-15/h1-3,6,15H,4-5,7H2,(H,13,17)(H,14,16). The molecule has 0 aliphatic heterocycles. The summed E-state index contributed by atoms with van der Waals surface area (Å²) >= 11 is 5.35. The van der Waals surface area contributed by atoms with Crippen LogP contribution in [0.1, 0.15) is 10.4 Å². The van der Waals surface area contributed by atoms with E-state index in [2.05, 4.69) is 10.6 Å². The molecule has 0 spiro atoms. The number of anilines is 1. The number of carbonyl (C=O) groups excluding carboxylic acids is 2. The topological polar surface area (TPSA) is 78.4 Å². The molecule has 0 fully saturated rings. The molecule has 0 unspecified atom stereocenters. The number of hydrogen-bond donors (Lipinski definition) is 3. The maximum atomic E-state index is 11.6. The summed E-state index contributed by atoms with van der Waals surface area (Å²) in [5, 5.41) is 13.6. The molecule has 6 heteroatoms. The van der Waals surface area contributed by atoms with Gasteiger partial charge in [-0.25, -0.2) is 0 Å². The van der Waals surface area contributed by atoms with Gasteiger partial charge in [0.2, 0.25) is 5.91 Å². The summed E-state index contributed by atoms with van der Waals surface area (Å²) in [7, 11) is 0. The van der Waals surface area contributed by atoms with Crippen molar-refractivity contribution in [3.05, 3.63) is 29.8 Å². The second-order valence-electron chi connectivity index (χ2n) is 3.24. The summed E-state index contributed by atoms with van der Waals surface area (Å²) in [6.45, 7) is 0.0749. The van der Waals surface area contributed by atoms with E-state index < -0.39 is 0 Å². The van der Waals surface area contributed by atoms with Crippen LogP contribution in [0, 0.1) is 0 Å². The number of aliphatic hydroxyl groups is 1. The minimum atomic E-state index is -0.334. The summed E-state index contributed by atoms with van der Waals surface area (Å²) in [5.74, 6) is -0.776. The van der Waals surface area contributed by atoms with Gasteiger partial charge in [0.1, 0.15) is 5.88 Å². The van der Waals surface area contributed by atoms with Crippen LogP contribution in [0.15, 0.2) is 24.3 Å². The normalized spacial score (nSPS) is 9.76. The monoisotopic (exact) mass is 256 g/mol. The van der Waals surface area contributed by atoms with Crippen molar-refractivity contribution in [2.24, 2.45) is 0 Å². The number of halogens is 1. The Morgan fingerprint density at radius 3 is 2.76 bits per heavy atom. The van der Waals surface area contributed by atoms with Crippen molar-refractivity contribution in [2.45, 2.75) is 0 Å². The van der Waals surface area contributed by atoms with Crippen LogP contribution >= 0.6 is 11.6 Å². The fraction of sp³-hybridized carbons (Fsp3) is 0.273. The van der Waals surface area contributed by atoms with Gasteiger partial charge in [-0.1, -0.05) is 6.07 Å². The fourth-order valence-electron chi connectivity index (χ4n) is 1.20. The number of hydrogen-bond acceptors (Lipinski definition) is 3. The second kappa shape index (κ2) is 6.88. The highest BCUT2D eigenvalue weighted by atomic mass is 35.5. The zero-order valence-electron chi connectivity index (χ0n) is 9.07. The maximum Gasteiger partial charge on any atom is 0.251 e. The summed E-state index contributed by atoms with van der Waals surface area (Å²) in [4.78, 5) is 22.6. The van der Waals surface area contributed by atoms with Gasteiger partial charge in [-0.05, 0) is 18.2 Å². The molecule has 17 heavy (non-hydrogen) atoms. The van der Waals surface area contributed by atoms with Crippen molar-refractivity contribution in [3.63, 3.8) is 0 Å². The lowest BCUT2D eigenvalue weighted by Gasteiger charge is -2.06. The molecule has 3 N–H and O–H groups in total. The molecule has 0 saturated carbocycles. The number of benzene rings is 1. The van der Waals surface area contributed by atoms with E-state index in [-0.39, 0.29) is 30.8 Å². The van der Waals surface area contributed by atoms with E-state index in [0.29, 0.717) is 11.3 Å². The van der Waals surface area contributed by atoms with Crippen LogP contribution in [-0.2, 0) is 4.79 Å². The average Bonchev–Trinajstić information content (AvgIpc) is 2.36. The Balaban J connectivity index is 2.71. The average molecular weight is 257 g/mol. The van der Waals surface area contributed by atoms with E-state index in [1.165, 1.54) is 6.07 Å². The molecule has 2 amide bonds. The first-order chi connectivity index (χ1) is 8.17. The van der Waals surface area contributed by atoms with Gasteiger partial charge in [0.05, 0.1) is 6.61 Å². The summed E-state index contributed by atoms with van der Waals surface area (Å²) in [6.07, 6.45) is 0. The lowest BCUT2D eigenvalue weighted by molar-refractivity contribution is -0.113. The van der Waals surface area contributed by atoms with E-state index in [1.807, 2.05) is 0 Å². The predicted molar refractivity (Wildman–Crippen MR) is 65.2 cm³/mol. The molecule has 0 radical (unpaired) electrons. The number of aliphatic hydroxyl groups excluding tert-OH is 1. The van der Waals surface area contributed by atoms with E-state index in [4.69, 9.17) is 16.7 Å². The van der Waals surface area contributed by atoms with Gasteiger partial charge in [-0.15, -0.1) is 11.6 Å². The first-order valence-electron chi connectivity index (χ1n) is 5.02. The Hall–Kier alpha value is -1.59. The van der Waals surface area contributed by atoms with Gasteiger partial charge in [-0.3, -0.25) is 9.59 Å². The van der Waals surface area contributed by atoms with Gasteiger partial charge in [0.15, 0.2) is 0 Å². The highest BCUT2D eigenvalue weighted by molar-refractivity contribution is 6.29. The number of amides is 2. The highest BCUT2D eigenvalue weighted by Gasteiger charge is 2.06. The summed E-state index contributed by atoms with van der Waals surface area (Å²) in [5.41, 5.74) is 0.915. The van der Waals surface area contributed by atoms with Crippen LogP contribution in [0.2, 0.25) is 0 Å². The van der Waals surface area contributed by atoms with E-state index in [1.54, 1.807) is 18.2 Å². The highest BCUT2D eigenvalue weighted by Crippen LogP contribution is 2.10. The lowest BCUT2D eigenvalue weighted by atomic mass is 10.2. The number of rotatable bonds is 5. The first kappa shape index (κ1) is 13.5. The number of carbonyl (C=O) groups is 2. The van der Waals surface area contributed by atoms with Crippen molar-refractivity contribution < 1.29 is 14.7 Å². The fourth-order valence-corrected chi connectivity index (χ4v) is 1.27. The van der Waals surface area contributed by atoms with Crippen LogP contribution in [0.25, 0.3) is 0 Å². The molecule has 0 aliphatic rings. The maximum absolute atomic E-state index is 11.6. The van der Waals surface area contributed by atoms with E-state index >= 15 is 0 Å². The Labute approximate surface area is 104 Å². The Morgan fingerprint density at radius 2 is 2.12 bits per heavy atom. The van der Waals surface area contributed by atoms with Crippen LogP contribution in [0.3, 0.4) is 0 Å². The zero-order valence-corrected chi connectivity index (χ0v) is 9.83. The molecule has 92 valence electrons.